The number of carbonyl (C=O) groups excluding carboxylic acids is 1. The first-order chi connectivity index (χ1) is 15.0. The normalized spacial score (nSPS) is 46.3. The molecule has 2 saturated carbocycles. The van der Waals surface area contributed by atoms with Crippen LogP contribution in [0.4, 0.5) is 0 Å². The van der Waals surface area contributed by atoms with Crippen LogP contribution >= 0.6 is 0 Å². The molecule has 1 aromatic carbocycles. The van der Waals surface area contributed by atoms with Crippen molar-refractivity contribution in [1.82, 2.24) is 0 Å². The van der Waals surface area contributed by atoms with E-state index in [2.05, 4.69) is 37.3 Å². The van der Waals surface area contributed by atoms with Crippen molar-refractivity contribution < 1.29 is 24.1 Å². The fourth-order valence-electron chi connectivity index (χ4n) is 7.72. The van der Waals surface area contributed by atoms with Gasteiger partial charge in [-0.25, -0.2) is 0 Å². The van der Waals surface area contributed by atoms with Gasteiger partial charge in [0.15, 0.2) is 0 Å². The summed E-state index contributed by atoms with van der Waals surface area (Å²) >= 11 is 0. The lowest BCUT2D eigenvalue weighted by Crippen LogP contribution is -3.27. The van der Waals surface area contributed by atoms with Gasteiger partial charge in [0.2, 0.25) is 0 Å². The summed E-state index contributed by atoms with van der Waals surface area (Å²) in [5, 5.41) is 0. The molecule has 6 rings (SSSR count). The third-order valence-electron chi connectivity index (χ3n) is 9.55. The largest absolute Gasteiger partial charge is 0.462 e. The lowest BCUT2D eigenvalue weighted by molar-refractivity contribution is -1.02. The van der Waals surface area contributed by atoms with Crippen LogP contribution in [0.25, 0.3) is 0 Å². The summed E-state index contributed by atoms with van der Waals surface area (Å²) in [5.74, 6) is 1.22. The van der Waals surface area contributed by atoms with Crippen molar-refractivity contribution in [1.29, 1.82) is 0 Å². The molecule has 0 unspecified atom stereocenters. The number of hydrogen-bond donors (Lipinski definition) is 2. The van der Waals surface area contributed by atoms with Crippen LogP contribution in [0.15, 0.2) is 30.3 Å². The van der Waals surface area contributed by atoms with E-state index >= 15 is 0 Å². The zero-order valence-electron chi connectivity index (χ0n) is 18.9. The van der Waals surface area contributed by atoms with Crippen LogP contribution in [0.5, 0.6) is 0 Å². The molecule has 0 bridgehead atoms. The van der Waals surface area contributed by atoms with Gasteiger partial charge < -0.3 is 19.3 Å². The maximum Gasteiger partial charge on any atom is 0.315 e. The highest BCUT2D eigenvalue weighted by atomic mass is 16.6. The first-order valence-electron chi connectivity index (χ1n) is 12.6. The minimum absolute atomic E-state index is 0.0922. The Morgan fingerprint density at radius 2 is 1.81 bits per heavy atom. The third kappa shape index (κ3) is 3.63. The Balaban J connectivity index is 1.08. The number of esters is 1. The van der Waals surface area contributed by atoms with E-state index in [1.807, 2.05) is 0 Å². The molecule has 0 amide bonds. The van der Waals surface area contributed by atoms with E-state index in [-0.39, 0.29) is 23.6 Å². The quantitative estimate of drug-likeness (QED) is 0.545. The van der Waals surface area contributed by atoms with Crippen LogP contribution in [0.2, 0.25) is 0 Å². The average Bonchev–Trinajstić information content (AvgIpc) is 3.47. The Morgan fingerprint density at radius 3 is 2.55 bits per heavy atom. The number of piperazine rings is 1. The second kappa shape index (κ2) is 7.57. The smallest absolute Gasteiger partial charge is 0.315 e. The number of epoxide rings is 1. The molecule has 0 radical (unpaired) electrons. The first-order valence-corrected chi connectivity index (χ1v) is 12.6. The second-order valence-corrected chi connectivity index (χ2v) is 11.5. The Labute approximate surface area is 186 Å². The number of ether oxygens (including phenoxy) is 2. The van der Waals surface area contributed by atoms with Crippen LogP contribution in [0.3, 0.4) is 0 Å². The number of nitrogens with one attached hydrogen (secondary N) is 2. The molecule has 5 heteroatoms. The minimum atomic E-state index is 0.0922. The van der Waals surface area contributed by atoms with E-state index < -0.39 is 0 Å². The summed E-state index contributed by atoms with van der Waals surface area (Å²) in [7, 11) is 0. The predicted octanol–water partition coefficient (Wildman–Crippen LogP) is 0.497. The van der Waals surface area contributed by atoms with Crippen LogP contribution in [-0.2, 0) is 20.8 Å². The zero-order chi connectivity index (χ0) is 21.1. The number of hydrogen-bond acceptors (Lipinski definition) is 3. The third-order valence-corrected chi connectivity index (χ3v) is 9.55. The Morgan fingerprint density at radius 1 is 1.06 bits per heavy atom. The average molecular weight is 427 g/mol. The van der Waals surface area contributed by atoms with Crippen molar-refractivity contribution >= 4 is 5.97 Å². The monoisotopic (exact) mass is 426 g/mol. The maximum absolute atomic E-state index is 12.9. The van der Waals surface area contributed by atoms with E-state index in [1.165, 1.54) is 37.9 Å². The molecule has 2 N–H and O–H groups in total. The zero-order valence-corrected chi connectivity index (χ0v) is 18.9. The standard InChI is InChI=1S/C26H36N2O3/c1-25-8-5-9-26(18-30-26)23(25)14-20-21(24(29)31-22(20)15-25)17-28-12-10-27(11-13-28)16-19-6-3-2-4-7-19/h2-4,6-7,20-23H,5,8-18H2,1H3/p+2/t20-,21-,22-,23+,25-,26-/m1/s1. The van der Waals surface area contributed by atoms with Crippen LogP contribution in [0, 0.1) is 23.2 Å². The molecule has 3 heterocycles. The molecule has 3 aliphatic heterocycles. The lowest BCUT2D eigenvalue weighted by Gasteiger charge is -2.51. The SMILES string of the molecule is C[C@]12CCC[C@@]3(CO3)[C@H]1C[C@H]1[C@@H](C2)OC(=O)[C@@H]1C[NH+]1CC[NH+](Cc2ccccc2)CC1. The van der Waals surface area contributed by atoms with Crippen LogP contribution < -0.4 is 9.80 Å². The van der Waals surface area contributed by atoms with Gasteiger partial charge in [0.05, 0.1) is 18.8 Å². The summed E-state index contributed by atoms with van der Waals surface area (Å²) in [6, 6.07) is 10.8. The second-order valence-electron chi connectivity index (χ2n) is 11.5. The number of rotatable bonds is 4. The summed E-state index contributed by atoms with van der Waals surface area (Å²) in [5.41, 5.74) is 1.87. The van der Waals surface area contributed by atoms with Gasteiger partial charge in [-0.15, -0.1) is 0 Å². The summed E-state index contributed by atoms with van der Waals surface area (Å²) in [6.07, 6.45) is 6.10. The lowest BCUT2D eigenvalue weighted by atomic mass is 9.53. The molecule has 5 fully saturated rings. The summed E-state index contributed by atoms with van der Waals surface area (Å²) < 4.78 is 12.1. The van der Waals surface area contributed by atoms with E-state index in [9.17, 15) is 4.79 Å². The molecular weight excluding hydrogens is 388 g/mol. The highest BCUT2D eigenvalue weighted by molar-refractivity contribution is 5.75. The molecule has 168 valence electrons. The van der Waals surface area contributed by atoms with Gasteiger partial charge in [0, 0.05) is 11.5 Å². The number of carbonyl (C=O) groups is 1. The van der Waals surface area contributed by atoms with Gasteiger partial charge in [0.25, 0.3) is 0 Å². The first kappa shape index (κ1) is 20.2. The minimum Gasteiger partial charge on any atom is -0.462 e. The molecular formula is C26H38N2O3+2. The van der Waals surface area contributed by atoms with Crippen molar-refractivity contribution in [2.24, 2.45) is 23.2 Å². The van der Waals surface area contributed by atoms with Gasteiger partial charge in [-0.2, -0.15) is 0 Å². The molecule has 5 aliphatic rings. The molecule has 2 aliphatic carbocycles. The highest BCUT2D eigenvalue weighted by Crippen LogP contribution is 2.62. The Kier molecular flexibility index (Phi) is 4.93. The molecule has 0 aromatic heterocycles. The van der Waals surface area contributed by atoms with Gasteiger partial charge in [-0.05, 0) is 43.4 Å². The molecule has 1 aromatic rings. The van der Waals surface area contributed by atoms with Gasteiger partial charge in [0.1, 0.15) is 44.7 Å². The number of fused-ring (bicyclic) bond motifs is 3. The van der Waals surface area contributed by atoms with Crippen molar-refractivity contribution in [2.75, 3.05) is 39.3 Å². The van der Waals surface area contributed by atoms with Crippen molar-refractivity contribution in [2.45, 2.75) is 57.3 Å². The molecule has 5 nitrogen and oxygen atoms in total. The van der Waals surface area contributed by atoms with E-state index in [1.54, 1.807) is 9.80 Å². The molecule has 3 saturated heterocycles. The fraction of sp³-hybridized carbons (Fsp3) is 0.731. The molecule has 1 spiro atoms. The van der Waals surface area contributed by atoms with Gasteiger partial charge in [-0.1, -0.05) is 37.3 Å². The van der Waals surface area contributed by atoms with Crippen LogP contribution in [0.1, 0.15) is 44.6 Å². The summed E-state index contributed by atoms with van der Waals surface area (Å²) in [6.45, 7) is 10.2. The van der Waals surface area contributed by atoms with E-state index in [0.29, 0.717) is 17.3 Å². The summed E-state index contributed by atoms with van der Waals surface area (Å²) in [4.78, 5) is 16.2. The Bertz CT molecular complexity index is 817. The van der Waals surface area contributed by atoms with Gasteiger partial charge in [-0.3, -0.25) is 4.79 Å². The van der Waals surface area contributed by atoms with Crippen molar-refractivity contribution in [3.05, 3.63) is 35.9 Å². The Hall–Kier alpha value is -1.43. The van der Waals surface area contributed by atoms with Gasteiger partial charge >= 0.3 is 5.97 Å². The topological polar surface area (TPSA) is 47.7 Å². The van der Waals surface area contributed by atoms with Crippen molar-refractivity contribution in [3.8, 4) is 0 Å². The van der Waals surface area contributed by atoms with Crippen LogP contribution in [-0.4, -0.2) is 57.0 Å². The molecule has 6 atom stereocenters. The van der Waals surface area contributed by atoms with E-state index in [0.717, 1.165) is 45.6 Å². The fourth-order valence-corrected chi connectivity index (χ4v) is 7.72. The van der Waals surface area contributed by atoms with E-state index in [4.69, 9.17) is 9.47 Å². The van der Waals surface area contributed by atoms with Crippen molar-refractivity contribution in [3.63, 3.8) is 0 Å². The number of benzene rings is 1. The number of quaternary nitrogens is 2. The highest BCUT2D eigenvalue weighted by Gasteiger charge is 2.65. The maximum atomic E-state index is 12.9. The predicted molar refractivity (Wildman–Crippen MR) is 117 cm³/mol. The molecule has 31 heavy (non-hydrogen) atoms.